The molecule has 1 N–H and O–H groups in total. The topological polar surface area (TPSA) is 75.4 Å². The predicted molar refractivity (Wildman–Crippen MR) is 82.1 cm³/mol. The number of benzene rings is 1. The molecule has 1 amide bonds. The molecule has 0 atom stereocenters. The lowest BCUT2D eigenvalue weighted by Crippen LogP contribution is -2.29. The maximum Gasteiger partial charge on any atom is 0.305 e. The molecular formula is C16H18FN3O3. The van der Waals surface area contributed by atoms with Gasteiger partial charge in [0.1, 0.15) is 5.82 Å². The van der Waals surface area contributed by atoms with E-state index in [-0.39, 0.29) is 24.7 Å². The van der Waals surface area contributed by atoms with Crippen LogP contribution in [0.25, 0.3) is 5.69 Å². The zero-order chi connectivity index (χ0) is 17.0. The Bertz CT molecular complexity index is 710. The van der Waals surface area contributed by atoms with Crippen LogP contribution in [0.4, 0.5) is 4.39 Å². The molecule has 0 fully saturated rings. The van der Waals surface area contributed by atoms with Gasteiger partial charge in [-0.3, -0.25) is 9.59 Å². The molecule has 2 rings (SSSR count). The fourth-order valence-corrected chi connectivity index (χ4v) is 2.27. The zero-order valence-corrected chi connectivity index (χ0v) is 13.0. The number of aromatic nitrogens is 2. The molecule has 1 heterocycles. The lowest BCUT2D eigenvalue weighted by Gasteiger charge is -2.16. The summed E-state index contributed by atoms with van der Waals surface area (Å²) in [6.07, 6.45) is 1.91. The number of carboxylic acid groups (broad SMARTS) is 1. The molecule has 2 aromatic rings. The van der Waals surface area contributed by atoms with Gasteiger partial charge in [-0.25, -0.2) is 9.07 Å². The summed E-state index contributed by atoms with van der Waals surface area (Å²) in [6, 6.07) is 5.83. The van der Waals surface area contributed by atoms with Crippen LogP contribution in [-0.2, 0) is 11.2 Å². The Labute approximate surface area is 133 Å². The number of aliphatic carboxylic acids is 1. The monoisotopic (exact) mass is 319 g/mol. The number of hydrogen-bond donors (Lipinski definition) is 1. The second-order valence-electron chi connectivity index (χ2n) is 5.12. The minimum absolute atomic E-state index is 0.115. The van der Waals surface area contributed by atoms with Crippen molar-refractivity contribution in [2.45, 2.75) is 19.8 Å². The molecule has 7 heteroatoms. The van der Waals surface area contributed by atoms with Crippen LogP contribution in [0.15, 0.2) is 30.5 Å². The highest BCUT2D eigenvalue weighted by atomic mass is 19.1. The lowest BCUT2D eigenvalue weighted by atomic mass is 10.1. The van der Waals surface area contributed by atoms with Crippen LogP contribution in [0.1, 0.15) is 29.4 Å². The molecular weight excluding hydrogens is 301 g/mol. The summed E-state index contributed by atoms with van der Waals surface area (Å²) in [4.78, 5) is 24.4. The largest absolute Gasteiger partial charge is 0.481 e. The Balaban J connectivity index is 2.28. The van der Waals surface area contributed by atoms with Crippen molar-refractivity contribution in [1.29, 1.82) is 0 Å². The fourth-order valence-electron chi connectivity index (χ4n) is 2.27. The van der Waals surface area contributed by atoms with Crippen molar-refractivity contribution in [2.24, 2.45) is 0 Å². The van der Waals surface area contributed by atoms with Gasteiger partial charge in [0.15, 0.2) is 0 Å². The van der Waals surface area contributed by atoms with E-state index in [9.17, 15) is 14.0 Å². The van der Waals surface area contributed by atoms with E-state index in [4.69, 9.17) is 5.11 Å². The quantitative estimate of drug-likeness (QED) is 0.885. The van der Waals surface area contributed by atoms with Gasteiger partial charge in [-0.1, -0.05) is 6.92 Å². The molecule has 0 spiro atoms. The van der Waals surface area contributed by atoms with Gasteiger partial charge in [-0.15, -0.1) is 0 Å². The van der Waals surface area contributed by atoms with Gasteiger partial charge in [0, 0.05) is 13.6 Å². The van der Waals surface area contributed by atoms with E-state index in [0.29, 0.717) is 23.4 Å². The number of carbonyl (C=O) groups excluding carboxylic acids is 1. The fraction of sp³-hybridized carbons (Fsp3) is 0.312. The van der Waals surface area contributed by atoms with Crippen LogP contribution in [0.2, 0.25) is 0 Å². The van der Waals surface area contributed by atoms with Gasteiger partial charge >= 0.3 is 5.97 Å². The van der Waals surface area contributed by atoms with Gasteiger partial charge in [0.05, 0.1) is 29.6 Å². The summed E-state index contributed by atoms with van der Waals surface area (Å²) in [6.45, 7) is 2.02. The Kier molecular flexibility index (Phi) is 5.10. The third-order valence-corrected chi connectivity index (χ3v) is 3.51. The normalized spacial score (nSPS) is 10.6. The molecule has 0 unspecified atom stereocenters. The molecule has 23 heavy (non-hydrogen) atoms. The molecule has 122 valence electrons. The van der Waals surface area contributed by atoms with E-state index >= 15 is 0 Å². The number of rotatable bonds is 6. The minimum Gasteiger partial charge on any atom is -0.481 e. The number of carbonyl (C=O) groups is 2. The molecule has 0 aliphatic carbocycles. The van der Waals surface area contributed by atoms with Crippen molar-refractivity contribution in [3.63, 3.8) is 0 Å². The minimum atomic E-state index is -0.956. The summed E-state index contributed by atoms with van der Waals surface area (Å²) in [5, 5.41) is 12.9. The van der Waals surface area contributed by atoms with E-state index in [1.807, 2.05) is 6.92 Å². The van der Waals surface area contributed by atoms with Gasteiger partial charge < -0.3 is 10.0 Å². The maximum absolute atomic E-state index is 13.0. The maximum atomic E-state index is 13.0. The van der Waals surface area contributed by atoms with Crippen molar-refractivity contribution in [3.05, 3.63) is 47.5 Å². The first-order chi connectivity index (χ1) is 10.9. The molecule has 0 bridgehead atoms. The number of hydrogen-bond acceptors (Lipinski definition) is 3. The summed E-state index contributed by atoms with van der Waals surface area (Å²) >= 11 is 0. The van der Waals surface area contributed by atoms with Crippen molar-refractivity contribution >= 4 is 11.9 Å². The summed E-state index contributed by atoms with van der Waals surface area (Å²) in [7, 11) is 1.56. The van der Waals surface area contributed by atoms with E-state index in [1.165, 1.54) is 23.2 Å². The molecule has 0 saturated heterocycles. The first-order valence-corrected chi connectivity index (χ1v) is 7.24. The van der Waals surface area contributed by atoms with Gasteiger partial charge in [0.2, 0.25) is 0 Å². The highest BCUT2D eigenvalue weighted by Gasteiger charge is 2.20. The second kappa shape index (κ2) is 7.04. The average molecular weight is 319 g/mol. The SMILES string of the molecule is CCc1c(C(=O)N(C)CCC(=O)O)cnn1-c1ccc(F)cc1. The standard InChI is InChI=1S/C16H18FN3O3/c1-3-14-13(16(23)19(2)9-8-15(21)22)10-18-20(14)12-6-4-11(17)5-7-12/h4-7,10H,3,8-9H2,1-2H3,(H,21,22). The van der Waals surface area contributed by atoms with Crippen molar-refractivity contribution in [1.82, 2.24) is 14.7 Å². The molecule has 0 radical (unpaired) electrons. The number of amides is 1. The number of nitrogens with zero attached hydrogens (tertiary/aromatic N) is 3. The van der Waals surface area contributed by atoms with Crippen molar-refractivity contribution in [2.75, 3.05) is 13.6 Å². The number of carboxylic acids is 1. The van der Waals surface area contributed by atoms with E-state index in [0.717, 1.165) is 0 Å². The van der Waals surface area contributed by atoms with Crippen molar-refractivity contribution < 1.29 is 19.1 Å². The Morgan fingerprint density at radius 3 is 2.52 bits per heavy atom. The first kappa shape index (κ1) is 16.7. The smallest absolute Gasteiger partial charge is 0.305 e. The molecule has 1 aromatic carbocycles. The average Bonchev–Trinajstić information content (AvgIpc) is 2.96. The van der Waals surface area contributed by atoms with Gasteiger partial charge in [-0.2, -0.15) is 5.10 Å². The Morgan fingerprint density at radius 1 is 1.30 bits per heavy atom. The highest BCUT2D eigenvalue weighted by molar-refractivity contribution is 5.95. The van der Waals surface area contributed by atoms with Crippen LogP contribution < -0.4 is 0 Å². The third-order valence-electron chi connectivity index (χ3n) is 3.51. The molecule has 0 saturated carbocycles. The molecule has 0 aliphatic rings. The van der Waals surface area contributed by atoms with Gasteiger partial charge in [0.25, 0.3) is 5.91 Å². The van der Waals surface area contributed by atoms with E-state index in [1.54, 1.807) is 23.9 Å². The predicted octanol–water partition coefficient (Wildman–Crippen LogP) is 2.12. The summed E-state index contributed by atoms with van der Waals surface area (Å²) < 4.78 is 14.6. The van der Waals surface area contributed by atoms with E-state index < -0.39 is 5.97 Å². The van der Waals surface area contributed by atoms with Crippen LogP contribution in [0.3, 0.4) is 0 Å². The molecule has 6 nitrogen and oxygen atoms in total. The third kappa shape index (κ3) is 3.74. The van der Waals surface area contributed by atoms with Crippen LogP contribution in [-0.4, -0.2) is 45.3 Å². The van der Waals surface area contributed by atoms with E-state index in [2.05, 4.69) is 5.10 Å². The van der Waals surface area contributed by atoms with Gasteiger partial charge in [-0.05, 0) is 30.7 Å². The highest BCUT2D eigenvalue weighted by Crippen LogP contribution is 2.17. The molecule has 1 aromatic heterocycles. The second-order valence-corrected chi connectivity index (χ2v) is 5.12. The zero-order valence-electron chi connectivity index (χ0n) is 13.0. The van der Waals surface area contributed by atoms with Crippen LogP contribution >= 0.6 is 0 Å². The van der Waals surface area contributed by atoms with Crippen LogP contribution in [0.5, 0.6) is 0 Å². The Hall–Kier alpha value is -2.70. The summed E-state index contributed by atoms with van der Waals surface area (Å²) in [5.41, 5.74) is 1.78. The van der Waals surface area contributed by atoms with Crippen LogP contribution in [0, 0.1) is 5.82 Å². The number of halogens is 1. The molecule has 0 aliphatic heterocycles. The lowest BCUT2D eigenvalue weighted by molar-refractivity contribution is -0.137. The first-order valence-electron chi connectivity index (χ1n) is 7.24. The van der Waals surface area contributed by atoms with Crippen molar-refractivity contribution in [3.8, 4) is 5.69 Å². The summed E-state index contributed by atoms with van der Waals surface area (Å²) in [5.74, 6) is -1.58. The Morgan fingerprint density at radius 2 is 1.96 bits per heavy atom.